The summed E-state index contributed by atoms with van der Waals surface area (Å²) in [6, 6.07) is 1.72. The highest BCUT2D eigenvalue weighted by Gasteiger charge is 2.49. The summed E-state index contributed by atoms with van der Waals surface area (Å²) in [5.41, 5.74) is 0.694. The van der Waals surface area contributed by atoms with Crippen LogP contribution in [0.15, 0.2) is 0 Å². The van der Waals surface area contributed by atoms with Crippen molar-refractivity contribution in [2.75, 3.05) is 32.7 Å². The van der Waals surface area contributed by atoms with Crippen LogP contribution in [-0.4, -0.2) is 70.6 Å². The quantitative estimate of drug-likeness (QED) is 0.736. The van der Waals surface area contributed by atoms with Gasteiger partial charge in [0.2, 0.25) is 0 Å². The van der Waals surface area contributed by atoms with Crippen molar-refractivity contribution in [3.8, 4) is 0 Å². The van der Waals surface area contributed by atoms with Crippen LogP contribution in [0.3, 0.4) is 0 Å². The Hall–Kier alpha value is -0.120. The molecule has 1 saturated carbocycles. The van der Waals surface area contributed by atoms with E-state index in [1.807, 2.05) is 0 Å². The summed E-state index contributed by atoms with van der Waals surface area (Å²) in [4.78, 5) is 8.23. The van der Waals surface area contributed by atoms with Gasteiger partial charge in [0.25, 0.3) is 0 Å². The average Bonchev–Trinajstić information content (AvgIpc) is 2.96. The highest BCUT2D eigenvalue weighted by molar-refractivity contribution is 5.05. The zero-order valence-corrected chi connectivity index (χ0v) is 15.0. The molecular weight excluding hydrogens is 258 g/mol. The van der Waals surface area contributed by atoms with Crippen molar-refractivity contribution in [2.24, 2.45) is 5.92 Å². The predicted octanol–water partition coefficient (Wildman–Crippen LogP) is 2.66. The fourth-order valence-electron chi connectivity index (χ4n) is 4.92. The van der Waals surface area contributed by atoms with E-state index in [9.17, 15) is 0 Å². The molecular formula is C18H35N3. The van der Waals surface area contributed by atoms with Gasteiger partial charge in [-0.1, -0.05) is 0 Å². The van der Waals surface area contributed by atoms with Crippen molar-refractivity contribution in [3.63, 3.8) is 0 Å². The molecule has 0 aromatic carbocycles. The lowest BCUT2D eigenvalue weighted by Crippen LogP contribution is -2.58. The van der Waals surface area contributed by atoms with Gasteiger partial charge in [0.15, 0.2) is 0 Å². The number of rotatable bonds is 1. The molecule has 122 valence electrons. The maximum absolute atomic E-state index is 2.81. The number of likely N-dealkylation sites (tertiary alicyclic amines) is 1. The molecule has 3 heteroatoms. The van der Waals surface area contributed by atoms with E-state index in [-0.39, 0.29) is 0 Å². The van der Waals surface area contributed by atoms with Crippen molar-refractivity contribution >= 4 is 0 Å². The molecule has 3 fully saturated rings. The third-order valence-electron chi connectivity index (χ3n) is 6.10. The third kappa shape index (κ3) is 3.02. The molecule has 0 radical (unpaired) electrons. The Morgan fingerprint density at radius 2 is 1.38 bits per heavy atom. The van der Waals surface area contributed by atoms with Crippen LogP contribution in [0.25, 0.3) is 0 Å². The second-order valence-electron chi connectivity index (χ2n) is 9.47. The highest BCUT2D eigenvalue weighted by Crippen LogP contribution is 2.43. The van der Waals surface area contributed by atoms with Crippen LogP contribution in [-0.2, 0) is 0 Å². The first-order valence-corrected chi connectivity index (χ1v) is 8.92. The molecule has 3 aliphatic rings. The number of hydrogen-bond acceptors (Lipinski definition) is 3. The third-order valence-corrected chi connectivity index (χ3v) is 6.10. The molecule has 2 aliphatic heterocycles. The molecule has 2 saturated heterocycles. The van der Waals surface area contributed by atoms with E-state index in [0.717, 1.165) is 18.0 Å². The van der Waals surface area contributed by atoms with Gasteiger partial charge in [-0.05, 0) is 60.3 Å². The Morgan fingerprint density at radius 1 is 0.762 bits per heavy atom. The van der Waals surface area contributed by atoms with Crippen LogP contribution < -0.4 is 0 Å². The normalized spacial score (nSPS) is 36.6. The molecule has 0 aromatic heterocycles. The van der Waals surface area contributed by atoms with Crippen molar-refractivity contribution < 1.29 is 0 Å². The van der Waals surface area contributed by atoms with Crippen molar-refractivity contribution in [1.82, 2.24) is 14.7 Å². The maximum Gasteiger partial charge on any atom is 0.0152 e. The molecule has 3 atom stereocenters. The maximum atomic E-state index is 2.81. The molecule has 2 heterocycles. The second kappa shape index (κ2) is 5.21. The molecule has 0 spiro atoms. The molecule has 0 aromatic rings. The van der Waals surface area contributed by atoms with Crippen LogP contribution in [0, 0.1) is 5.92 Å². The standard InChI is InChI=1S/C18H35N3/c1-17(2,3)20-9-7-19(8-10-20)16-12-15-11-14(16)13-21(15)18(4,5)6/h14-16H,7-13H2,1-6H3. The minimum atomic E-state index is 0.337. The van der Waals surface area contributed by atoms with E-state index in [4.69, 9.17) is 0 Å². The summed E-state index contributed by atoms with van der Waals surface area (Å²) in [5, 5.41) is 0. The Labute approximate surface area is 131 Å². The Kier molecular flexibility index (Phi) is 3.91. The number of hydrogen-bond donors (Lipinski definition) is 0. The smallest absolute Gasteiger partial charge is 0.0152 e. The zero-order valence-electron chi connectivity index (χ0n) is 15.0. The van der Waals surface area contributed by atoms with Crippen molar-refractivity contribution in [3.05, 3.63) is 0 Å². The van der Waals surface area contributed by atoms with Crippen LogP contribution >= 0.6 is 0 Å². The summed E-state index contributed by atoms with van der Waals surface area (Å²) < 4.78 is 0. The van der Waals surface area contributed by atoms with Crippen LogP contribution in [0.1, 0.15) is 54.4 Å². The zero-order chi connectivity index (χ0) is 15.4. The van der Waals surface area contributed by atoms with Gasteiger partial charge in [0, 0.05) is 55.9 Å². The first kappa shape index (κ1) is 15.8. The molecule has 3 rings (SSSR count). The highest BCUT2D eigenvalue weighted by atomic mass is 15.3. The summed E-state index contributed by atoms with van der Waals surface area (Å²) in [6.07, 6.45) is 2.86. The van der Waals surface area contributed by atoms with Gasteiger partial charge < -0.3 is 0 Å². The molecule has 3 nitrogen and oxygen atoms in total. The summed E-state index contributed by atoms with van der Waals surface area (Å²) in [7, 11) is 0. The number of piperazine rings is 1. The number of piperidine rings is 1. The molecule has 1 aliphatic carbocycles. The van der Waals surface area contributed by atoms with E-state index < -0.39 is 0 Å². The Balaban J connectivity index is 1.56. The predicted molar refractivity (Wildman–Crippen MR) is 89.7 cm³/mol. The number of fused-ring (bicyclic) bond motifs is 2. The van der Waals surface area contributed by atoms with Crippen LogP contribution in [0.4, 0.5) is 0 Å². The summed E-state index contributed by atoms with van der Waals surface area (Å²) in [5.74, 6) is 0.926. The first-order chi connectivity index (χ1) is 9.66. The van der Waals surface area contributed by atoms with Gasteiger partial charge in [0.1, 0.15) is 0 Å². The van der Waals surface area contributed by atoms with Gasteiger partial charge >= 0.3 is 0 Å². The minimum absolute atomic E-state index is 0.337. The fraction of sp³-hybridized carbons (Fsp3) is 1.00. The monoisotopic (exact) mass is 293 g/mol. The molecule has 0 N–H and O–H groups in total. The minimum Gasteiger partial charge on any atom is -0.297 e. The van der Waals surface area contributed by atoms with Crippen molar-refractivity contribution in [2.45, 2.75) is 77.5 Å². The molecule has 0 amide bonds. The lowest BCUT2D eigenvalue weighted by molar-refractivity contribution is 0.00672. The van der Waals surface area contributed by atoms with Crippen molar-refractivity contribution in [1.29, 1.82) is 0 Å². The Bertz CT molecular complexity index is 371. The van der Waals surface area contributed by atoms with E-state index in [2.05, 4.69) is 56.2 Å². The fourth-order valence-corrected chi connectivity index (χ4v) is 4.92. The van der Waals surface area contributed by atoms with Crippen LogP contribution in [0.2, 0.25) is 0 Å². The van der Waals surface area contributed by atoms with E-state index >= 15 is 0 Å². The van der Waals surface area contributed by atoms with E-state index in [0.29, 0.717) is 11.1 Å². The van der Waals surface area contributed by atoms with Gasteiger partial charge in [-0.3, -0.25) is 14.7 Å². The topological polar surface area (TPSA) is 9.72 Å². The SMILES string of the molecule is CC(C)(C)N1CCN(C2CC3CC2CN3C(C)(C)C)CC1. The van der Waals surface area contributed by atoms with E-state index in [1.54, 1.807) is 0 Å². The average molecular weight is 293 g/mol. The first-order valence-electron chi connectivity index (χ1n) is 8.92. The molecule has 21 heavy (non-hydrogen) atoms. The number of nitrogens with zero attached hydrogens (tertiary/aromatic N) is 3. The van der Waals surface area contributed by atoms with Gasteiger partial charge in [0.05, 0.1) is 0 Å². The summed E-state index contributed by atoms with van der Waals surface area (Å²) >= 11 is 0. The largest absolute Gasteiger partial charge is 0.297 e. The molecule has 2 bridgehead atoms. The van der Waals surface area contributed by atoms with Gasteiger partial charge in [-0.25, -0.2) is 0 Å². The summed E-state index contributed by atoms with van der Waals surface area (Å²) in [6.45, 7) is 20.6. The van der Waals surface area contributed by atoms with Gasteiger partial charge in [-0.15, -0.1) is 0 Å². The van der Waals surface area contributed by atoms with Crippen LogP contribution in [0.5, 0.6) is 0 Å². The lowest BCUT2D eigenvalue weighted by atomic mass is 9.95. The second-order valence-corrected chi connectivity index (χ2v) is 9.47. The Morgan fingerprint density at radius 3 is 1.81 bits per heavy atom. The molecule has 3 unspecified atom stereocenters. The lowest BCUT2D eigenvalue weighted by Gasteiger charge is -2.47. The van der Waals surface area contributed by atoms with E-state index in [1.165, 1.54) is 45.6 Å². The van der Waals surface area contributed by atoms with Gasteiger partial charge in [-0.2, -0.15) is 0 Å².